The van der Waals surface area contributed by atoms with Crippen LogP contribution in [0.5, 0.6) is 5.75 Å². The molecule has 10 heteroatoms. The monoisotopic (exact) mass is 615 g/mol. The number of methoxy groups -OCH3 is 1. The van der Waals surface area contributed by atoms with E-state index in [0.717, 1.165) is 27.5 Å². The number of aromatic nitrogens is 2. The number of carbonyl (C=O) groups excluding carboxylic acids is 2. The summed E-state index contributed by atoms with van der Waals surface area (Å²) >= 11 is 1.50. The van der Waals surface area contributed by atoms with Crippen LogP contribution in [-0.2, 0) is 13.0 Å². The maximum atomic E-state index is 13.7. The summed E-state index contributed by atoms with van der Waals surface area (Å²) in [5, 5.41) is 17.3. The second-order valence-corrected chi connectivity index (χ2v) is 12.3. The van der Waals surface area contributed by atoms with Crippen molar-refractivity contribution in [2.45, 2.75) is 51.8 Å². The van der Waals surface area contributed by atoms with E-state index in [2.05, 4.69) is 35.2 Å². The minimum Gasteiger partial charge on any atom is -0.497 e. The number of aliphatic hydroxyl groups is 1. The van der Waals surface area contributed by atoms with Crippen LogP contribution in [0.4, 0.5) is 5.69 Å². The molecule has 0 fully saturated rings. The van der Waals surface area contributed by atoms with Gasteiger partial charge >= 0.3 is 0 Å². The number of carbonyl (C=O) groups is 2. The molecule has 2 heterocycles. The quantitative estimate of drug-likeness (QED) is 0.216. The Kier molecular flexibility index (Phi) is 11.1. The van der Waals surface area contributed by atoms with E-state index in [4.69, 9.17) is 4.74 Å². The standard InChI is InChI=1S/C34H41N5O4S/c1-22(2)27-14-28(18-35-17-27)38(4)19-31(40)30(12-24-10-8-7-9-11-24)37-33(41)25-13-26(16-29(15-25)43-6)34(42)39(5)20-32-36-23(3)21-44-32/h7-11,13-18,21-22,30-31,40H,12,19-20H2,1-6H3,(H,37,41)/t30-,31+/m0/s1. The number of nitrogens with zero attached hydrogens (tertiary/aromatic N) is 4. The van der Waals surface area contributed by atoms with Gasteiger partial charge in [0.2, 0.25) is 0 Å². The Balaban J connectivity index is 1.55. The number of rotatable bonds is 13. The molecular formula is C34H41N5O4S. The molecule has 0 saturated carbocycles. The van der Waals surface area contributed by atoms with Crippen LogP contribution in [0.2, 0.25) is 0 Å². The van der Waals surface area contributed by atoms with Crippen LogP contribution in [0.1, 0.15) is 62.3 Å². The third-order valence-electron chi connectivity index (χ3n) is 7.43. The van der Waals surface area contributed by atoms with Gasteiger partial charge in [0.25, 0.3) is 11.8 Å². The fraction of sp³-hybridized carbons (Fsp3) is 0.353. The molecule has 0 bridgehead atoms. The van der Waals surface area contributed by atoms with Gasteiger partial charge in [-0.25, -0.2) is 4.98 Å². The number of hydrogen-bond donors (Lipinski definition) is 2. The van der Waals surface area contributed by atoms with E-state index in [-0.39, 0.29) is 18.0 Å². The van der Waals surface area contributed by atoms with Crippen molar-refractivity contribution >= 4 is 28.8 Å². The SMILES string of the molecule is COc1cc(C(=O)N[C@@H](Cc2ccccc2)[C@H](O)CN(C)c2cncc(C(C)C)c2)cc(C(=O)N(C)Cc2nc(C)cs2)c1. The fourth-order valence-electron chi connectivity index (χ4n) is 4.83. The van der Waals surface area contributed by atoms with Crippen LogP contribution in [0.3, 0.4) is 0 Å². The van der Waals surface area contributed by atoms with E-state index in [1.54, 1.807) is 36.3 Å². The lowest BCUT2D eigenvalue weighted by atomic mass is 9.99. The lowest BCUT2D eigenvalue weighted by Crippen LogP contribution is -2.49. The Bertz CT molecular complexity index is 1560. The van der Waals surface area contributed by atoms with Crippen LogP contribution in [0, 0.1) is 6.92 Å². The Labute approximate surface area is 263 Å². The van der Waals surface area contributed by atoms with Crippen molar-refractivity contribution in [2.75, 3.05) is 32.6 Å². The summed E-state index contributed by atoms with van der Waals surface area (Å²) in [7, 11) is 5.09. The van der Waals surface area contributed by atoms with Crippen LogP contribution in [0.25, 0.3) is 0 Å². The molecule has 0 radical (unpaired) electrons. The lowest BCUT2D eigenvalue weighted by Gasteiger charge is -2.29. The van der Waals surface area contributed by atoms with Crippen molar-refractivity contribution < 1.29 is 19.4 Å². The van der Waals surface area contributed by atoms with Crippen LogP contribution in [0.15, 0.2) is 72.4 Å². The van der Waals surface area contributed by atoms with Gasteiger partial charge in [-0.05, 0) is 54.7 Å². The molecule has 0 aliphatic heterocycles. The van der Waals surface area contributed by atoms with Gasteiger partial charge < -0.3 is 25.0 Å². The van der Waals surface area contributed by atoms with Gasteiger partial charge in [0, 0.05) is 49.0 Å². The molecule has 0 unspecified atom stereocenters. The van der Waals surface area contributed by atoms with Crippen molar-refractivity contribution in [3.05, 3.63) is 105 Å². The summed E-state index contributed by atoms with van der Waals surface area (Å²) in [6, 6.07) is 15.9. The van der Waals surface area contributed by atoms with Crippen LogP contribution in [-0.4, -0.2) is 71.7 Å². The second kappa shape index (κ2) is 14.9. The normalized spacial score (nSPS) is 12.5. The molecule has 0 saturated heterocycles. The number of anilines is 1. The van der Waals surface area contributed by atoms with Crippen molar-refractivity contribution in [2.24, 2.45) is 0 Å². The summed E-state index contributed by atoms with van der Waals surface area (Å²) in [5.74, 6) is 0.0339. The van der Waals surface area contributed by atoms with Crippen molar-refractivity contribution in [1.29, 1.82) is 0 Å². The minimum atomic E-state index is -0.911. The molecule has 0 aliphatic carbocycles. The lowest BCUT2D eigenvalue weighted by molar-refractivity contribution is 0.0784. The highest BCUT2D eigenvalue weighted by atomic mass is 32.1. The molecule has 0 aliphatic rings. The Morgan fingerprint density at radius 2 is 1.77 bits per heavy atom. The van der Waals surface area contributed by atoms with Gasteiger partial charge in [-0.1, -0.05) is 44.2 Å². The highest BCUT2D eigenvalue weighted by Gasteiger charge is 2.25. The molecule has 2 atom stereocenters. The second-order valence-electron chi connectivity index (χ2n) is 11.3. The third kappa shape index (κ3) is 8.64. The molecule has 2 N–H and O–H groups in total. The molecule has 4 aromatic rings. The topological polar surface area (TPSA) is 108 Å². The molecule has 4 rings (SSSR count). The molecule has 9 nitrogen and oxygen atoms in total. The minimum absolute atomic E-state index is 0.259. The molecule has 44 heavy (non-hydrogen) atoms. The number of ether oxygens (including phenoxy) is 1. The molecule has 2 aromatic heterocycles. The smallest absolute Gasteiger partial charge is 0.254 e. The van der Waals surface area contributed by atoms with E-state index in [0.29, 0.717) is 30.2 Å². The van der Waals surface area contributed by atoms with Gasteiger partial charge in [0.1, 0.15) is 10.8 Å². The average molecular weight is 616 g/mol. The first-order valence-electron chi connectivity index (χ1n) is 14.6. The first kappa shape index (κ1) is 32.6. The van der Waals surface area contributed by atoms with Gasteiger partial charge in [-0.3, -0.25) is 14.6 Å². The average Bonchev–Trinajstić information content (AvgIpc) is 3.44. The van der Waals surface area contributed by atoms with Crippen molar-refractivity contribution in [1.82, 2.24) is 20.2 Å². The zero-order valence-electron chi connectivity index (χ0n) is 26.2. The number of pyridine rings is 1. The number of nitrogens with one attached hydrogen (secondary N) is 1. The van der Waals surface area contributed by atoms with Gasteiger partial charge in [-0.2, -0.15) is 0 Å². The Morgan fingerprint density at radius 3 is 2.43 bits per heavy atom. The maximum Gasteiger partial charge on any atom is 0.254 e. The summed E-state index contributed by atoms with van der Waals surface area (Å²) in [4.78, 5) is 39.4. The van der Waals surface area contributed by atoms with Gasteiger partial charge in [0.15, 0.2) is 0 Å². The largest absolute Gasteiger partial charge is 0.497 e. The summed E-state index contributed by atoms with van der Waals surface area (Å²) in [6.45, 7) is 6.75. The summed E-state index contributed by atoms with van der Waals surface area (Å²) in [6.07, 6.45) is 3.12. The maximum absolute atomic E-state index is 13.7. The molecule has 232 valence electrons. The Morgan fingerprint density at radius 1 is 1.05 bits per heavy atom. The zero-order chi connectivity index (χ0) is 31.8. The number of thiazole rings is 1. The molecule has 2 aromatic carbocycles. The predicted octanol–water partition coefficient (Wildman–Crippen LogP) is 5.09. The molecular weight excluding hydrogens is 574 g/mol. The third-order valence-corrected chi connectivity index (χ3v) is 8.38. The number of hydrogen-bond acceptors (Lipinski definition) is 8. The number of likely N-dealkylation sites (N-methyl/N-ethyl adjacent to an activating group) is 1. The summed E-state index contributed by atoms with van der Waals surface area (Å²) in [5.41, 5.74) is 4.46. The van der Waals surface area contributed by atoms with Gasteiger partial charge in [0.05, 0.1) is 37.7 Å². The number of amides is 2. The van der Waals surface area contributed by atoms with Crippen LogP contribution >= 0.6 is 11.3 Å². The molecule has 2 amide bonds. The van der Waals surface area contributed by atoms with E-state index in [1.165, 1.54) is 18.4 Å². The van der Waals surface area contributed by atoms with E-state index in [1.807, 2.05) is 60.8 Å². The summed E-state index contributed by atoms with van der Waals surface area (Å²) < 4.78 is 5.45. The van der Waals surface area contributed by atoms with E-state index in [9.17, 15) is 14.7 Å². The zero-order valence-corrected chi connectivity index (χ0v) is 27.0. The van der Waals surface area contributed by atoms with E-state index >= 15 is 0 Å². The predicted molar refractivity (Wildman–Crippen MR) is 175 cm³/mol. The number of benzene rings is 2. The first-order chi connectivity index (χ1) is 21.0. The number of aryl methyl sites for hydroxylation is 1. The highest BCUT2D eigenvalue weighted by Crippen LogP contribution is 2.22. The fourth-order valence-corrected chi connectivity index (χ4v) is 5.65. The first-order valence-corrected chi connectivity index (χ1v) is 15.5. The van der Waals surface area contributed by atoms with Crippen molar-refractivity contribution in [3.8, 4) is 5.75 Å². The van der Waals surface area contributed by atoms with Crippen molar-refractivity contribution in [3.63, 3.8) is 0 Å². The van der Waals surface area contributed by atoms with Gasteiger partial charge in [-0.15, -0.1) is 11.3 Å². The molecule has 0 spiro atoms. The highest BCUT2D eigenvalue weighted by molar-refractivity contribution is 7.09. The van der Waals surface area contributed by atoms with E-state index < -0.39 is 18.1 Å². The Hall–Kier alpha value is -4.28. The van der Waals surface area contributed by atoms with Crippen LogP contribution < -0.4 is 15.0 Å². The number of aliphatic hydroxyl groups excluding tert-OH is 1.